The van der Waals surface area contributed by atoms with Crippen LogP contribution in [0.2, 0.25) is 0 Å². The fourth-order valence-electron chi connectivity index (χ4n) is 6.93. The van der Waals surface area contributed by atoms with Gasteiger partial charge in [0.2, 0.25) is 35.4 Å². The van der Waals surface area contributed by atoms with Gasteiger partial charge in [0.15, 0.2) is 11.8 Å². The van der Waals surface area contributed by atoms with Gasteiger partial charge in [-0.15, -0.1) is 68.0 Å². The van der Waals surface area contributed by atoms with Gasteiger partial charge in [-0.25, -0.2) is 64.8 Å². The Balaban J connectivity index is 1.22. The number of pyridine rings is 1. The van der Waals surface area contributed by atoms with Gasteiger partial charge in [-0.05, 0) is 60.6 Å². The third-order valence-corrected chi connectivity index (χ3v) is 16.1. The van der Waals surface area contributed by atoms with Crippen molar-refractivity contribution in [3.8, 4) is 43.4 Å². The Kier molecular flexibility index (Phi) is 17.1. The van der Waals surface area contributed by atoms with E-state index in [1.807, 2.05) is 0 Å². The fourth-order valence-corrected chi connectivity index (χ4v) is 12.1. The molecule has 0 aliphatic carbocycles. The van der Waals surface area contributed by atoms with E-state index in [9.17, 15) is 50.8 Å². The molecule has 23 nitrogen and oxygen atoms in total. The molecule has 77 heavy (non-hydrogen) atoms. The van der Waals surface area contributed by atoms with Gasteiger partial charge in [-0.1, -0.05) is 12.2 Å². The average molecular weight is 1160 g/mol. The molecule has 400 valence electrons. The monoisotopic (exact) mass is 1160 g/mol. The summed E-state index contributed by atoms with van der Waals surface area (Å²) in [6.07, 6.45) is 0.405. The number of hydrogen-bond acceptors (Lipinski definition) is 23. The molecular weight excluding hydrogens is 1110 g/mol. The number of Topliss-reactive ketones (excluding diaryl/α,β-unsaturated/α-hetero) is 1. The van der Waals surface area contributed by atoms with Crippen molar-refractivity contribution in [3.05, 3.63) is 100 Å². The average Bonchev–Trinajstić information content (AvgIpc) is 4.26. The second kappa shape index (κ2) is 23.6. The first-order valence-corrected chi connectivity index (χ1v) is 28.2. The van der Waals surface area contributed by atoms with Crippen LogP contribution in [0.15, 0.2) is 92.2 Å². The van der Waals surface area contributed by atoms with E-state index in [4.69, 9.17) is 15.0 Å². The molecule has 0 unspecified atom stereocenters. The molecule has 7 aromatic heterocycles. The van der Waals surface area contributed by atoms with Gasteiger partial charge in [0.25, 0.3) is 0 Å². The van der Waals surface area contributed by atoms with Gasteiger partial charge in [-0.2, -0.15) is 0 Å². The van der Waals surface area contributed by atoms with Crippen molar-refractivity contribution in [2.45, 2.75) is 84.4 Å². The van der Waals surface area contributed by atoms with Gasteiger partial charge in [0.05, 0.1) is 29.2 Å². The third-order valence-electron chi connectivity index (χ3n) is 10.8. The van der Waals surface area contributed by atoms with Crippen LogP contribution in [-0.4, -0.2) is 152 Å². The maximum atomic E-state index is 11.4. The quantitative estimate of drug-likeness (QED) is 0.0456. The largest absolute Gasteiger partial charge is 0.495 e. The van der Waals surface area contributed by atoms with Crippen LogP contribution >= 0.6 is 68.0 Å². The van der Waals surface area contributed by atoms with Crippen molar-refractivity contribution in [2.75, 3.05) is 6.54 Å². The summed E-state index contributed by atoms with van der Waals surface area (Å²) in [7, 11) is 0. The van der Waals surface area contributed by atoms with Gasteiger partial charge >= 0.3 is 0 Å². The van der Waals surface area contributed by atoms with E-state index in [1.54, 1.807) is 42.1 Å². The summed E-state index contributed by atoms with van der Waals surface area (Å²) in [5.41, 5.74) is 0.497. The molecule has 1 aliphatic heterocycles. The molecule has 29 heteroatoms. The maximum Gasteiger partial charge on any atom is 0.239 e. The minimum absolute atomic E-state index is 0.0000870. The highest BCUT2D eigenvalue weighted by atomic mass is 32.1. The number of nitrogens with zero attached hydrogens (tertiary/aromatic N) is 13. The number of ketones is 1. The summed E-state index contributed by atoms with van der Waals surface area (Å²) < 4.78 is 0. The van der Waals surface area contributed by atoms with Crippen LogP contribution in [-0.2, 0) is 4.79 Å². The number of aliphatic hydroxyl groups is 9. The maximum absolute atomic E-state index is 11.4. The molecule has 1 aliphatic rings. The predicted molar refractivity (Wildman–Crippen MR) is 302 cm³/mol. The Morgan fingerprint density at radius 1 is 0.662 bits per heavy atom. The van der Waals surface area contributed by atoms with Crippen LogP contribution < -0.4 is 0 Å². The van der Waals surface area contributed by atoms with Crippen molar-refractivity contribution >= 4 is 115 Å². The lowest BCUT2D eigenvalue weighted by Gasteiger charge is -2.24. The highest BCUT2D eigenvalue weighted by Crippen LogP contribution is 2.39. The summed E-state index contributed by atoms with van der Waals surface area (Å²) in [6, 6.07) is -0.310. The minimum Gasteiger partial charge on any atom is -0.495 e. The molecular formula is C48H47N13O10S6. The van der Waals surface area contributed by atoms with Gasteiger partial charge < -0.3 is 46.0 Å². The van der Waals surface area contributed by atoms with Crippen molar-refractivity contribution in [1.29, 1.82) is 0 Å². The number of aliphatic imine (C=N–C) groups is 6. The molecule has 0 radical (unpaired) electrons. The zero-order valence-electron chi connectivity index (χ0n) is 41.6. The lowest BCUT2D eigenvalue weighted by Crippen LogP contribution is -2.31. The van der Waals surface area contributed by atoms with Crippen molar-refractivity contribution in [3.63, 3.8) is 0 Å². The van der Waals surface area contributed by atoms with E-state index in [-0.39, 0.29) is 61.5 Å². The van der Waals surface area contributed by atoms with E-state index in [1.165, 1.54) is 85.6 Å². The Morgan fingerprint density at radius 3 is 1.87 bits per heavy atom. The molecule has 0 spiro atoms. The van der Waals surface area contributed by atoms with Crippen LogP contribution in [0.25, 0.3) is 49.1 Å². The second-order valence-corrected chi connectivity index (χ2v) is 22.5. The van der Waals surface area contributed by atoms with E-state index >= 15 is 0 Å². The van der Waals surface area contributed by atoms with Crippen molar-refractivity contribution in [2.24, 2.45) is 30.0 Å². The number of hydrogen-bond donors (Lipinski definition) is 9. The highest BCUT2D eigenvalue weighted by Gasteiger charge is 2.33. The number of rotatable bonds is 10. The number of aliphatic hydroxyl groups excluding tert-OH is 8. The Hall–Kier alpha value is -7.22. The first-order chi connectivity index (χ1) is 36.6. The molecule has 0 fully saturated rings. The predicted octanol–water partition coefficient (Wildman–Crippen LogP) is 8.87. The van der Waals surface area contributed by atoms with Gasteiger partial charge in [-0.3, -0.25) is 4.79 Å². The first-order valence-electron chi connectivity index (χ1n) is 22.9. The lowest BCUT2D eigenvalue weighted by atomic mass is 10.00. The van der Waals surface area contributed by atoms with Crippen LogP contribution in [0.4, 0.5) is 0 Å². The van der Waals surface area contributed by atoms with Crippen LogP contribution in [0.5, 0.6) is 0 Å². The number of aromatic nitrogens is 7. The number of allylic oxidation sites excluding steroid dienone is 2. The standard InChI is InChI=1S/C48H47N13O10S6/c1-8-23(36(65)49-12-19(3)62)51-37(66)27-15-74-45(56-27)31-18-75-44(58-31)25-11-10-22-34(50-25)26-13-76-46(53-26)33(21(5)64)60-39(68)29-17-77-47(57-29)35(48(6,7)71)61-40(69)30-16-73-43(55-30)24(9-2)52-41(70)32(20(4)63)59-38(67)28-14-72-42(22)54-28/h8-11,13-18,20-21,32-33,35,63-64,71H,12H2,1-7H3,(H,49,65)(H,51,66)(H,52,70)(H,59,67)(H,60,68)(H,61,69)/b23-8-,24-9-/t20-,21+,32+,33-,35-/m1/s1. The number of thiazole rings is 6. The summed E-state index contributed by atoms with van der Waals surface area (Å²) >= 11 is 6.79. The molecule has 7 aromatic rings. The molecule has 8 heterocycles. The zero-order chi connectivity index (χ0) is 55.5. The first kappa shape index (κ1) is 56.0. The van der Waals surface area contributed by atoms with Crippen LogP contribution in [0.1, 0.15) is 98.3 Å². The number of fused-ring (bicyclic) bond motifs is 11. The molecule has 8 rings (SSSR count). The molecule has 0 saturated carbocycles. The lowest BCUT2D eigenvalue weighted by molar-refractivity contribution is -0.115. The van der Waals surface area contributed by atoms with Crippen LogP contribution in [0, 0.1) is 0 Å². The Labute approximate surface area is 462 Å². The second-order valence-electron chi connectivity index (χ2n) is 17.3. The van der Waals surface area contributed by atoms with Crippen LogP contribution in [0.3, 0.4) is 0 Å². The molecule has 0 saturated heterocycles. The molecule has 5 atom stereocenters. The number of carbonyl (C=O) groups is 1. The summed E-state index contributed by atoms with van der Waals surface area (Å²) in [5, 5.41) is 111. The Morgan fingerprint density at radius 2 is 1.21 bits per heavy atom. The molecule has 8 bridgehead atoms. The van der Waals surface area contributed by atoms with Gasteiger partial charge in [0.1, 0.15) is 94.2 Å². The smallest absolute Gasteiger partial charge is 0.239 e. The topological polar surface area (TPSA) is 364 Å². The summed E-state index contributed by atoms with van der Waals surface area (Å²) in [6.45, 7) is 10.1. The van der Waals surface area contributed by atoms with E-state index < -0.39 is 71.3 Å². The minimum atomic E-state index is -1.60. The Bertz CT molecular complexity index is 3590. The SMILES string of the molecule is C/C=C(\N=C(O)c1csc(-c2csc(-c3ccc4c(n3)-c3csc(n3)[C@@H]([C@H](C)O)N=C(O)c3csc(n3)[C@H](C(C)(C)O)N=C(O)c3csc(n3)/C(=C/C)N=C(O)[C@H]([C@@H](C)O)N=C(O)c3csc-4n3)n2)n1)C(O)=NCC(C)=O. The zero-order valence-corrected chi connectivity index (χ0v) is 46.5. The van der Waals surface area contributed by atoms with Crippen molar-refractivity contribution < 1.29 is 50.8 Å². The van der Waals surface area contributed by atoms with Crippen molar-refractivity contribution in [1.82, 2.24) is 34.9 Å². The molecule has 0 amide bonds. The molecule has 9 N–H and O–H groups in total. The van der Waals surface area contributed by atoms with Gasteiger partial charge in [0, 0.05) is 37.8 Å². The van der Waals surface area contributed by atoms with E-state index in [2.05, 4.69) is 49.9 Å². The third kappa shape index (κ3) is 12.8. The van der Waals surface area contributed by atoms with E-state index in [0.29, 0.717) is 43.4 Å². The normalized spacial score (nSPS) is 18.8. The summed E-state index contributed by atoms with van der Waals surface area (Å²) in [4.78, 5) is 69.4. The van der Waals surface area contributed by atoms with E-state index in [0.717, 1.165) is 45.3 Å². The fraction of sp³-hybridized carbons (Fsp3) is 0.292. The number of carbonyl (C=O) groups excluding carboxylic acids is 1. The summed E-state index contributed by atoms with van der Waals surface area (Å²) in [5.74, 6) is -3.70. The molecule has 0 aromatic carbocycles. The highest BCUT2D eigenvalue weighted by molar-refractivity contribution is 7.15.